The van der Waals surface area contributed by atoms with E-state index in [1.54, 1.807) is 6.20 Å². The highest BCUT2D eigenvalue weighted by molar-refractivity contribution is 6.30. The highest BCUT2D eigenvalue weighted by Gasteiger charge is 2.06. The largest absolute Gasteiger partial charge is 0.489 e. The van der Waals surface area contributed by atoms with Crippen LogP contribution in [0, 0.1) is 0 Å². The molecule has 0 saturated carbocycles. The first kappa shape index (κ1) is 18.8. The molecule has 0 aliphatic rings. The van der Waals surface area contributed by atoms with Crippen molar-refractivity contribution in [2.75, 3.05) is 6.54 Å². The fourth-order valence-corrected chi connectivity index (χ4v) is 2.92. The minimum atomic E-state index is 0.492. The fourth-order valence-electron chi connectivity index (χ4n) is 2.60. The SMILES string of the molecule is Clc1ccc(COc2ccc(Cl)cc2CNCCCn2ccnc2)cc1. The molecule has 6 heteroatoms. The predicted octanol–water partition coefficient (Wildman–Crippen LogP) is 4.95. The van der Waals surface area contributed by atoms with Crippen LogP contribution in [-0.4, -0.2) is 16.1 Å². The Balaban J connectivity index is 1.51. The van der Waals surface area contributed by atoms with Gasteiger partial charge in [0.05, 0.1) is 6.33 Å². The lowest BCUT2D eigenvalue weighted by Gasteiger charge is -2.13. The van der Waals surface area contributed by atoms with E-state index in [0.29, 0.717) is 18.2 Å². The van der Waals surface area contributed by atoms with Crippen molar-refractivity contribution in [1.82, 2.24) is 14.9 Å². The maximum absolute atomic E-state index is 6.15. The van der Waals surface area contributed by atoms with Gasteiger partial charge in [0.1, 0.15) is 12.4 Å². The van der Waals surface area contributed by atoms with Crippen LogP contribution < -0.4 is 10.1 Å². The summed E-state index contributed by atoms with van der Waals surface area (Å²) in [5.74, 6) is 0.839. The molecule has 0 saturated heterocycles. The lowest BCUT2D eigenvalue weighted by atomic mass is 10.2. The number of rotatable bonds is 9. The Morgan fingerprint density at radius 2 is 1.85 bits per heavy atom. The van der Waals surface area contributed by atoms with E-state index in [1.807, 2.05) is 55.0 Å². The third kappa shape index (κ3) is 5.77. The zero-order valence-corrected chi connectivity index (χ0v) is 15.9. The van der Waals surface area contributed by atoms with Crippen LogP contribution in [0.2, 0.25) is 10.0 Å². The Morgan fingerprint density at radius 3 is 2.62 bits per heavy atom. The van der Waals surface area contributed by atoms with Crippen LogP contribution in [0.15, 0.2) is 61.2 Å². The van der Waals surface area contributed by atoms with Gasteiger partial charge in [-0.2, -0.15) is 0 Å². The molecule has 2 aromatic carbocycles. The second-order valence-corrected chi connectivity index (χ2v) is 6.87. The van der Waals surface area contributed by atoms with E-state index in [2.05, 4.69) is 14.9 Å². The molecule has 136 valence electrons. The number of hydrogen-bond acceptors (Lipinski definition) is 3. The summed E-state index contributed by atoms with van der Waals surface area (Å²) in [6.45, 7) is 3.05. The van der Waals surface area contributed by atoms with Gasteiger partial charge in [0, 0.05) is 41.1 Å². The number of imidazole rings is 1. The molecule has 0 spiro atoms. The summed E-state index contributed by atoms with van der Waals surface area (Å²) in [6.07, 6.45) is 6.63. The van der Waals surface area contributed by atoms with Gasteiger partial charge in [-0.1, -0.05) is 35.3 Å². The molecular formula is C20H21Cl2N3O. The van der Waals surface area contributed by atoms with Crippen LogP contribution in [-0.2, 0) is 19.7 Å². The van der Waals surface area contributed by atoms with Crippen molar-refractivity contribution in [3.63, 3.8) is 0 Å². The Hall–Kier alpha value is -2.01. The summed E-state index contributed by atoms with van der Waals surface area (Å²) in [6, 6.07) is 13.4. The molecule has 4 nitrogen and oxygen atoms in total. The van der Waals surface area contributed by atoms with E-state index in [1.165, 1.54) is 0 Å². The summed E-state index contributed by atoms with van der Waals surface area (Å²) in [5.41, 5.74) is 2.12. The molecule has 1 aromatic heterocycles. The molecule has 0 unspecified atom stereocenters. The van der Waals surface area contributed by atoms with Gasteiger partial charge in [-0.15, -0.1) is 0 Å². The number of ether oxygens (including phenoxy) is 1. The number of halogens is 2. The smallest absolute Gasteiger partial charge is 0.124 e. The first-order valence-electron chi connectivity index (χ1n) is 8.53. The molecule has 0 radical (unpaired) electrons. The predicted molar refractivity (Wildman–Crippen MR) is 106 cm³/mol. The van der Waals surface area contributed by atoms with Crippen molar-refractivity contribution in [2.24, 2.45) is 0 Å². The number of aryl methyl sites for hydroxylation is 1. The Morgan fingerprint density at radius 1 is 1.04 bits per heavy atom. The van der Waals surface area contributed by atoms with Gasteiger partial charge in [-0.3, -0.25) is 0 Å². The Bertz CT molecular complexity index is 804. The molecule has 0 atom stereocenters. The zero-order valence-electron chi connectivity index (χ0n) is 14.4. The van der Waals surface area contributed by atoms with E-state index in [4.69, 9.17) is 27.9 Å². The summed E-state index contributed by atoms with van der Waals surface area (Å²) in [7, 11) is 0. The maximum atomic E-state index is 6.15. The van der Waals surface area contributed by atoms with Gasteiger partial charge in [-0.05, 0) is 48.9 Å². The summed E-state index contributed by atoms with van der Waals surface area (Å²) < 4.78 is 8.05. The van der Waals surface area contributed by atoms with E-state index in [9.17, 15) is 0 Å². The quantitative estimate of drug-likeness (QED) is 0.526. The lowest BCUT2D eigenvalue weighted by molar-refractivity contribution is 0.302. The van der Waals surface area contributed by atoms with Gasteiger partial charge >= 0.3 is 0 Å². The van der Waals surface area contributed by atoms with E-state index >= 15 is 0 Å². The molecule has 3 rings (SSSR count). The highest BCUT2D eigenvalue weighted by atomic mass is 35.5. The Labute approximate surface area is 163 Å². The topological polar surface area (TPSA) is 39.1 Å². The number of nitrogens with one attached hydrogen (secondary N) is 1. The van der Waals surface area contributed by atoms with Crippen molar-refractivity contribution in [3.8, 4) is 5.75 Å². The zero-order chi connectivity index (χ0) is 18.2. The third-order valence-electron chi connectivity index (χ3n) is 3.97. The molecule has 0 aliphatic carbocycles. The third-order valence-corrected chi connectivity index (χ3v) is 4.46. The van der Waals surface area contributed by atoms with Gasteiger partial charge < -0.3 is 14.6 Å². The lowest BCUT2D eigenvalue weighted by Crippen LogP contribution is -2.17. The van der Waals surface area contributed by atoms with Gasteiger partial charge in [0.2, 0.25) is 0 Å². The van der Waals surface area contributed by atoms with E-state index < -0.39 is 0 Å². The highest BCUT2D eigenvalue weighted by Crippen LogP contribution is 2.24. The molecule has 1 N–H and O–H groups in total. The number of benzene rings is 2. The van der Waals surface area contributed by atoms with Gasteiger partial charge in [0.15, 0.2) is 0 Å². The first-order chi connectivity index (χ1) is 12.7. The fraction of sp³-hybridized carbons (Fsp3) is 0.250. The average molecular weight is 390 g/mol. The molecule has 0 amide bonds. The van der Waals surface area contributed by atoms with Gasteiger partial charge in [-0.25, -0.2) is 4.98 Å². The standard InChI is InChI=1S/C20H21Cl2N3O/c21-18-4-2-16(3-5-18)14-26-20-7-6-19(22)12-17(20)13-23-8-1-10-25-11-9-24-15-25/h2-7,9,11-12,15,23H,1,8,10,13-14H2. The molecule has 0 bridgehead atoms. The van der Waals surface area contributed by atoms with Crippen LogP contribution in [0.4, 0.5) is 0 Å². The number of nitrogens with zero attached hydrogens (tertiary/aromatic N) is 2. The normalized spacial score (nSPS) is 10.8. The Kier molecular flexibility index (Phi) is 6.95. The van der Waals surface area contributed by atoms with Crippen molar-refractivity contribution in [2.45, 2.75) is 26.1 Å². The van der Waals surface area contributed by atoms with Gasteiger partial charge in [0.25, 0.3) is 0 Å². The molecule has 0 fully saturated rings. The van der Waals surface area contributed by atoms with Crippen molar-refractivity contribution in [1.29, 1.82) is 0 Å². The van der Waals surface area contributed by atoms with Crippen molar-refractivity contribution in [3.05, 3.63) is 82.4 Å². The molecule has 3 aromatic rings. The second-order valence-electron chi connectivity index (χ2n) is 6.00. The van der Waals surface area contributed by atoms with Crippen LogP contribution in [0.25, 0.3) is 0 Å². The molecule has 26 heavy (non-hydrogen) atoms. The number of hydrogen-bond donors (Lipinski definition) is 1. The van der Waals surface area contributed by atoms with Crippen molar-refractivity contribution < 1.29 is 4.74 Å². The van der Waals surface area contributed by atoms with Crippen molar-refractivity contribution >= 4 is 23.2 Å². The average Bonchev–Trinajstić information content (AvgIpc) is 3.15. The monoisotopic (exact) mass is 389 g/mol. The van der Waals surface area contributed by atoms with Crippen LogP contribution in [0.5, 0.6) is 5.75 Å². The minimum absolute atomic E-state index is 0.492. The van der Waals surface area contributed by atoms with E-state index in [-0.39, 0.29) is 0 Å². The minimum Gasteiger partial charge on any atom is -0.489 e. The first-order valence-corrected chi connectivity index (χ1v) is 9.28. The van der Waals surface area contributed by atoms with Crippen LogP contribution in [0.3, 0.4) is 0 Å². The maximum Gasteiger partial charge on any atom is 0.124 e. The molecule has 1 heterocycles. The molecular weight excluding hydrogens is 369 g/mol. The summed E-state index contributed by atoms with van der Waals surface area (Å²) >= 11 is 12.1. The number of aromatic nitrogens is 2. The summed E-state index contributed by atoms with van der Waals surface area (Å²) in [5, 5.41) is 4.88. The summed E-state index contributed by atoms with van der Waals surface area (Å²) in [4.78, 5) is 4.04. The second kappa shape index (κ2) is 9.62. The molecule has 0 aliphatic heterocycles. The van der Waals surface area contributed by atoms with E-state index in [0.717, 1.165) is 41.4 Å². The van der Waals surface area contributed by atoms with Crippen LogP contribution >= 0.6 is 23.2 Å². The van der Waals surface area contributed by atoms with Crippen LogP contribution in [0.1, 0.15) is 17.5 Å².